The van der Waals surface area contributed by atoms with E-state index in [0.717, 1.165) is 32.1 Å². The topological polar surface area (TPSA) is 72.8 Å². The number of ether oxygens (including phenoxy) is 2. The quantitative estimate of drug-likeness (QED) is 0.380. The first kappa shape index (κ1) is 18.5. The largest absolute Gasteiger partial charge is 0.499 e. The molecule has 124 valence electrons. The molecule has 1 unspecified atom stereocenters. The molecule has 0 heterocycles. The van der Waals surface area contributed by atoms with Crippen molar-refractivity contribution in [1.82, 2.24) is 0 Å². The minimum Gasteiger partial charge on any atom is -0.499 e. The Labute approximate surface area is 132 Å². The van der Waals surface area contributed by atoms with Crippen molar-refractivity contribution >= 4 is 10.1 Å². The molecule has 0 aliphatic heterocycles. The Balaban J connectivity index is 2.49. The van der Waals surface area contributed by atoms with Crippen molar-refractivity contribution < 1.29 is 22.4 Å². The first-order valence-corrected chi connectivity index (χ1v) is 8.88. The van der Waals surface area contributed by atoms with Gasteiger partial charge < -0.3 is 9.47 Å². The molecule has 0 aliphatic carbocycles. The normalized spacial score (nSPS) is 12.6. The Hall–Kier alpha value is -1.53. The second-order valence-corrected chi connectivity index (χ2v) is 6.37. The molecule has 1 aromatic carbocycles. The monoisotopic (exact) mass is 328 g/mol. The fourth-order valence-electron chi connectivity index (χ4n) is 2.12. The van der Waals surface area contributed by atoms with Gasteiger partial charge in [-0.3, -0.25) is 4.55 Å². The van der Waals surface area contributed by atoms with Crippen LogP contribution in [0.1, 0.15) is 39.0 Å². The second-order valence-electron chi connectivity index (χ2n) is 4.98. The lowest BCUT2D eigenvalue weighted by Gasteiger charge is -2.16. The van der Waals surface area contributed by atoms with Gasteiger partial charge in [-0.25, -0.2) is 0 Å². The van der Waals surface area contributed by atoms with E-state index in [-0.39, 0.29) is 16.7 Å². The third kappa shape index (κ3) is 6.49. The van der Waals surface area contributed by atoms with Crippen LogP contribution in [0.2, 0.25) is 0 Å². The van der Waals surface area contributed by atoms with Gasteiger partial charge in [-0.15, -0.1) is 0 Å². The molecule has 0 saturated carbocycles. The molecule has 5 nitrogen and oxygen atoms in total. The molecule has 0 aromatic heterocycles. The smallest absolute Gasteiger partial charge is 0.298 e. The predicted molar refractivity (Wildman–Crippen MR) is 85.6 cm³/mol. The molecule has 0 spiro atoms. The van der Waals surface area contributed by atoms with Crippen molar-refractivity contribution in [2.75, 3.05) is 6.61 Å². The van der Waals surface area contributed by atoms with Gasteiger partial charge in [-0.05, 0) is 31.4 Å². The summed E-state index contributed by atoms with van der Waals surface area (Å²) in [5.41, 5.74) is 0. The van der Waals surface area contributed by atoms with Crippen LogP contribution in [0.15, 0.2) is 42.0 Å². The van der Waals surface area contributed by atoms with Gasteiger partial charge in [-0.2, -0.15) is 8.42 Å². The first-order chi connectivity index (χ1) is 10.5. The molecule has 1 atom stereocenters. The summed E-state index contributed by atoms with van der Waals surface area (Å²) < 4.78 is 42.6. The van der Waals surface area contributed by atoms with Crippen LogP contribution in [0.5, 0.6) is 5.75 Å². The molecule has 0 aliphatic rings. The first-order valence-electron chi connectivity index (χ1n) is 7.44. The molecule has 0 radical (unpaired) electrons. The number of rotatable bonds is 11. The fourth-order valence-corrected chi connectivity index (χ4v) is 2.76. The van der Waals surface area contributed by atoms with Crippen LogP contribution in [0.4, 0.5) is 0 Å². The summed E-state index contributed by atoms with van der Waals surface area (Å²) in [5, 5.41) is 0. The van der Waals surface area contributed by atoms with E-state index in [1.807, 2.05) is 0 Å². The Bertz CT molecular complexity index is 553. The molecule has 0 amide bonds. The summed E-state index contributed by atoms with van der Waals surface area (Å²) in [5.74, 6) is 0.166. The van der Waals surface area contributed by atoms with E-state index in [9.17, 15) is 8.42 Å². The highest BCUT2D eigenvalue weighted by Crippen LogP contribution is 2.23. The summed E-state index contributed by atoms with van der Waals surface area (Å²) in [6, 6.07) is 6.04. The minimum atomic E-state index is -4.27. The summed E-state index contributed by atoms with van der Waals surface area (Å²) >= 11 is 0. The summed E-state index contributed by atoms with van der Waals surface area (Å²) in [6.45, 7) is 6.06. The third-order valence-electron chi connectivity index (χ3n) is 3.22. The Kier molecular flexibility index (Phi) is 7.98. The highest BCUT2D eigenvalue weighted by molar-refractivity contribution is 7.86. The number of unbranched alkanes of at least 4 members (excludes halogenated alkanes) is 1. The van der Waals surface area contributed by atoms with E-state index >= 15 is 0 Å². The van der Waals surface area contributed by atoms with Gasteiger partial charge in [0.2, 0.25) is 0 Å². The highest BCUT2D eigenvalue weighted by Gasteiger charge is 2.16. The van der Waals surface area contributed by atoms with Crippen LogP contribution in [0, 0.1) is 0 Å². The van der Waals surface area contributed by atoms with Crippen LogP contribution in [-0.4, -0.2) is 25.7 Å². The van der Waals surface area contributed by atoms with Gasteiger partial charge in [0, 0.05) is 0 Å². The average Bonchev–Trinajstić information content (AvgIpc) is 2.48. The zero-order valence-electron chi connectivity index (χ0n) is 12.9. The molecule has 1 N–H and O–H groups in total. The maximum Gasteiger partial charge on any atom is 0.298 e. The molecular formula is C16H24O5S. The van der Waals surface area contributed by atoms with Gasteiger partial charge >= 0.3 is 0 Å². The van der Waals surface area contributed by atoms with Crippen LogP contribution >= 0.6 is 0 Å². The molecule has 1 aromatic rings. The van der Waals surface area contributed by atoms with Gasteiger partial charge in [-0.1, -0.05) is 38.5 Å². The number of hydrogen-bond donors (Lipinski definition) is 1. The highest BCUT2D eigenvalue weighted by atomic mass is 32.2. The van der Waals surface area contributed by atoms with E-state index in [1.54, 1.807) is 6.07 Å². The minimum absolute atomic E-state index is 0.109. The van der Waals surface area contributed by atoms with Crippen molar-refractivity contribution in [2.45, 2.75) is 50.0 Å². The molecular weight excluding hydrogens is 304 g/mol. The third-order valence-corrected chi connectivity index (χ3v) is 4.12. The van der Waals surface area contributed by atoms with Gasteiger partial charge in [0.1, 0.15) is 10.6 Å². The van der Waals surface area contributed by atoms with Crippen molar-refractivity contribution in [3.05, 3.63) is 37.1 Å². The SMILES string of the molecule is C=COC(CCCC)CCCOc1ccccc1S(=O)(=O)O. The van der Waals surface area contributed by atoms with E-state index in [0.29, 0.717) is 6.61 Å². The fraction of sp³-hybridized carbons (Fsp3) is 0.500. The molecule has 1 rings (SSSR count). The number of para-hydroxylation sites is 1. The summed E-state index contributed by atoms with van der Waals surface area (Å²) in [6.07, 6.45) is 6.25. The lowest BCUT2D eigenvalue weighted by Crippen LogP contribution is -2.12. The second kappa shape index (κ2) is 9.48. The maximum absolute atomic E-state index is 11.2. The zero-order valence-corrected chi connectivity index (χ0v) is 13.7. The van der Waals surface area contributed by atoms with E-state index in [4.69, 9.17) is 14.0 Å². The number of hydrogen-bond acceptors (Lipinski definition) is 4. The van der Waals surface area contributed by atoms with Gasteiger partial charge in [0.05, 0.1) is 19.0 Å². The Morgan fingerprint density at radius 2 is 1.95 bits per heavy atom. The number of benzene rings is 1. The van der Waals surface area contributed by atoms with Crippen LogP contribution < -0.4 is 4.74 Å². The molecule has 0 bridgehead atoms. The summed E-state index contributed by atoms with van der Waals surface area (Å²) in [7, 11) is -4.27. The van der Waals surface area contributed by atoms with Gasteiger partial charge in [0.15, 0.2) is 0 Å². The maximum atomic E-state index is 11.2. The van der Waals surface area contributed by atoms with Crippen molar-refractivity contribution in [1.29, 1.82) is 0 Å². The van der Waals surface area contributed by atoms with E-state index in [2.05, 4.69) is 13.5 Å². The van der Waals surface area contributed by atoms with E-state index in [1.165, 1.54) is 24.5 Å². The average molecular weight is 328 g/mol. The molecule has 0 fully saturated rings. The van der Waals surface area contributed by atoms with Gasteiger partial charge in [0.25, 0.3) is 10.1 Å². The summed E-state index contributed by atoms with van der Waals surface area (Å²) in [4.78, 5) is -0.208. The lowest BCUT2D eigenvalue weighted by atomic mass is 10.1. The van der Waals surface area contributed by atoms with Crippen LogP contribution in [-0.2, 0) is 14.9 Å². The molecule has 6 heteroatoms. The van der Waals surface area contributed by atoms with Crippen LogP contribution in [0.25, 0.3) is 0 Å². The zero-order chi connectivity index (χ0) is 16.4. The Morgan fingerprint density at radius 1 is 1.27 bits per heavy atom. The molecule has 22 heavy (non-hydrogen) atoms. The van der Waals surface area contributed by atoms with Crippen molar-refractivity contribution in [3.63, 3.8) is 0 Å². The predicted octanol–water partition coefficient (Wildman–Crippen LogP) is 3.81. The van der Waals surface area contributed by atoms with Crippen molar-refractivity contribution in [3.8, 4) is 5.75 Å². The standard InChI is InChI=1S/C16H24O5S/c1-3-5-9-14(20-4-2)10-8-13-21-15-11-6-7-12-16(15)22(17,18)19/h4,6-7,11-12,14H,2-3,5,8-10,13H2,1H3,(H,17,18,19). The van der Waals surface area contributed by atoms with Crippen molar-refractivity contribution in [2.24, 2.45) is 0 Å². The Morgan fingerprint density at radius 3 is 2.59 bits per heavy atom. The van der Waals surface area contributed by atoms with Crippen LogP contribution in [0.3, 0.4) is 0 Å². The van der Waals surface area contributed by atoms with E-state index < -0.39 is 10.1 Å². The lowest BCUT2D eigenvalue weighted by molar-refractivity contribution is 0.117. The molecule has 0 saturated heterocycles.